The number of rotatable bonds is 5. The molecule has 1 saturated heterocycles. The molecule has 6 nitrogen and oxygen atoms in total. The van der Waals surface area contributed by atoms with E-state index in [9.17, 15) is 4.79 Å². The largest absolute Gasteiger partial charge is 0.382 e. The fraction of sp³-hybridized carbons (Fsp3) is 0.714. The maximum Gasteiger partial charge on any atom is 0.267 e. The van der Waals surface area contributed by atoms with Crippen molar-refractivity contribution < 1.29 is 4.79 Å². The van der Waals surface area contributed by atoms with Crippen molar-refractivity contribution in [2.75, 3.05) is 44.8 Å². The lowest BCUT2D eigenvalue weighted by Crippen LogP contribution is -2.44. The van der Waals surface area contributed by atoms with Gasteiger partial charge in [-0.25, -0.2) is 4.98 Å². The maximum absolute atomic E-state index is 12.6. The highest BCUT2D eigenvalue weighted by atomic mass is 32.1. The first kappa shape index (κ1) is 16.0. The monoisotopic (exact) mass is 311 g/mol. The lowest BCUT2D eigenvalue weighted by atomic mass is 10.0. The molecule has 3 N–H and O–H groups in total. The molecule has 0 spiro atoms. The van der Waals surface area contributed by atoms with Crippen LogP contribution in [0.4, 0.5) is 10.9 Å². The first-order valence-electron chi connectivity index (χ1n) is 7.48. The smallest absolute Gasteiger partial charge is 0.267 e. The number of hydrogen-bond donors (Lipinski definition) is 2. The molecule has 1 aromatic rings. The molecule has 0 radical (unpaired) electrons. The van der Waals surface area contributed by atoms with E-state index in [0.29, 0.717) is 16.7 Å². The fourth-order valence-corrected chi connectivity index (χ4v) is 3.39. The van der Waals surface area contributed by atoms with Crippen molar-refractivity contribution in [3.8, 4) is 0 Å². The molecule has 118 valence electrons. The summed E-state index contributed by atoms with van der Waals surface area (Å²) in [4.78, 5) is 21.5. The number of nitrogen functional groups attached to an aromatic ring is 1. The number of anilines is 2. The average molecular weight is 311 g/mol. The van der Waals surface area contributed by atoms with Crippen molar-refractivity contribution in [3.63, 3.8) is 0 Å². The summed E-state index contributed by atoms with van der Waals surface area (Å²) < 4.78 is 0. The van der Waals surface area contributed by atoms with Gasteiger partial charge in [-0.15, -0.1) is 0 Å². The second-order valence-electron chi connectivity index (χ2n) is 5.61. The second kappa shape index (κ2) is 7.09. The first-order chi connectivity index (χ1) is 10.0. The van der Waals surface area contributed by atoms with Crippen molar-refractivity contribution >= 4 is 28.2 Å². The summed E-state index contributed by atoms with van der Waals surface area (Å²) in [6.45, 7) is 4.99. The zero-order valence-corrected chi connectivity index (χ0v) is 13.9. The van der Waals surface area contributed by atoms with Gasteiger partial charge in [0.1, 0.15) is 10.7 Å². The summed E-state index contributed by atoms with van der Waals surface area (Å²) in [6.07, 6.45) is 3.04. The Labute approximate surface area is 130 Å². The molecule has 0 aromatic carbocycles. The van der Waals surface area contributed by atoms with Crippen LogP contribution in [0, 0.1) is 0 Å². The van der Waals surface area contributed by atoms with E-state index in [1.54, 1.807) is 0 Å². The number of thiazole rings is 1. The minimum atomic E-state index is -0.0101. The summed E-state index contributed by atoms with van der Waals surface area (Å²) >= 11 is 1.35. The molecule has 7 heteroatoms. The van der Waals surface area contributed by atoms with E-state index in [4.69, 9.17) is 5.73 Å². The molecule has 1 aromatic heterocycles. The number of likely N-dealkylation sites (tertiary alicyclic amines) is 1. The van der Waals surface area contributed by atoms with Gasteiger partial charge in [0, 0.05) is 19.6 Å². The molecule has 0 unspecified atom stereocenters. The number of hydrogen-bond acceptors (Lipinski definition) is 6. The molecule has 2 rings (SSSR count). The molecule has 0 bridgehead atoms. The van der Waals surface area contributed by atoms with E-state index in [0.717, 1.165) is 44.0 Å². The Morgan fingerprint density at radius 3 is 2.81 bits per heavy atom. The highest BCUT2D eigenvalue weighted by Gasteiger charge is 2.27. The summed E-state index contributed by atoms with van der Waals surface area (Å²) in [5, 5.41) is 3.92. The number of nitrogens with zero attached hydrogens (tertiary/aromatic N) is 3. The van der Waals surface area contributed by atoms with Crippen LogP contribution in [-0.2, 0) is 0 Å². The number of nitrogens with two attached hydrogens (primary N) is 1. The standard InChI is InChI=1S/C14H25N5OS/c1-4-7-16-14-17-12(15)11(21-14)13(20)19(3)10-5-8-18(2)9-6-10/h10H,4-9,15H2,1-3H3,(H,16,17). The second-order valence-corrected chi connectivity index (χ2v) is 6.61. The van der Waals surface area contributed by atoms with Crippen LogP contribution in [0.3, 0.4) is 0 Å². The van der Waals surface area contributed by atoms with Crippen molar-refractivity contribution in [2.45, 2.75) is 32.2 Å². The highest BCUT2D eigenvalue weighted by Crippen LogP contribution is 2.27. The lowest BCUT2D eigenvalue weighted by Gasteiger charge is -2.34. The molecule has 1 fully saturated rings. The summed E-state index contributed by atoms with van der Waals surface area (Å²) in [5.41, 5.74) is 5.91. The normalized spacial score (nSPS) is 16.9. The van der Waals surface area contributed by atoms with Gasteiger partial charge >= 0.3 is 0 Å². The zero-order valence-electron chi connectivity index (χ0n) is 13.1. The number of nitrogens with one attached hydrogen (secondary N) is 1. The van der Waals surface area contributed by atoms with Crippen LogP contribution in [0.1, 0.15) is 35.9 Å². The molecule has 1 amide bonds. The van der Waals surface area contributed by atoms with Crippen molar-refractivity contribution in [1.29, 1.82) is 0 Å². The molecule has 0 saturated carbocycles. The van der Waals surface area contributed by atoms with E-state index in [1.165, 1.54) is 11.3 Å². The van der Waals surface area contributed by atoms with E-state index < -0.39 is 0 Å². The minimum Gasteiger partial charge on any atom is -0.382 e. The van der Waals surface area contributed by atoms with Crippen LogP contribution < -0.4 is 11.1 Å². The Kier molecular flexibility index (Phi) is 5.41. The van der Waals surface area contributed by atoms with Crippen LogP contribution in [0.2, 0.25) is 0 Å². The van der Waals surface area contributed by atoms with Gasteiger partial charge < -0.3 is 20.9 Å². The number of carbonyl (C=O) groups excluding carboxylic acids is 1. The molecule has 2 heterocycles. The third-order valence-corrected chi connectivity index (χ3v) is 4.95. The topological polar surface area (TPSA) is 74.5 Å². The van der Waals surface area contributed by atoms with E-state index in [-0.39, 0.29) is 5.91 Å². The minimum absolute atomic E-state index is 0.0101. The number of carbonyl (C=O) groups is 1. The van der Waals surface area contributed by atoms with Gasteiger partial charge in [0.25, 0.3) is 5.91 Å². The maximum atomic E-state index is 12.6. The molecular formula is C14H25N5OS. The molecule has 1 aliphatic rings. The van der Waals surface area contributed by atoms with Crippen molar-refractivity contribution in [1.82, 2.24) is 14.8 Å². The number of piperidine rings is 1. The zero-order chi connectivity index (χ0) is 15.4. The van der Waals surface area contributed by atoms with Crippen molar-refractivity contribution in [3.05, 3.63) is 4.88 Å². The lowest BCUT2D eigenvalue weighted by molar-refractivity contribution is 0.0665. The van der Waals surface area contributed by atoms with E-state index in [1.807, 2.05) is 11.9 Å². The SMILES string of the molecule is CCCNc1nc(N)c(C(=O)N(C)C2CCN(C)CC2)s1. The van der Waals surface area contributed by atoms with Gasteiger partial charge in [0.15, 0.2) is 5.13 Å². The Morgan fingerprint density at radius 1 is 1.52 bits per heavy atom. The summed E-state index contributed by atoms with van der Waals surface area (Å²) in [7, 11) is 3.99. The van der Waals surface area contributed by atoms with Crippen LogP contribution >= 0.6 is 11.3 Å². The molecule has 0 atom stereocenters. The van der Waals surface area contributed by atoms with Gasteiger partial charge in [-0.05, 0) is 39.4 Å². The van der Waals surface area contributed by atoms with Gasteiger partial charge in [-0.2, -0.15) is 0 Å². The highest BCUT2D eigenvalue weighted by molar-refractivity contribution is 7.18. The van der Waals surface area contributed by atoms with Gasteiger partial charge in [0.05, 0.1) is 0 Å². The van der Waals surface area contributed by atoms with Gasteiger partial charge in [0.2, 0.25) is 0 Å². The van der Waals surface area contributed by atoms with E-state index >= 15 is 0 Å². The number of aromatic nitrogens is 1. The average Bonchev–Trinajstić information content (AvgIpc) is 2.85. The Balaban J connectivity index is 2.03. The van der Waals surface area contributed by atoms with Crippen LogP contribution in [0.15, 0.2) is 0 Å². The van der Waals surface area contributed by atoms with E-state index in [2.05, 4.69) is 29.2 Å². The van der Waals surface area contributed by atoms with Crippen LogP contribution in [0.25, 0.3) is 0 Å². The van der Waals surface area contributed by atoms with Gasteiger partial charge in [-0.1, -0.05) is 18.3 Å². The quantitative estimate of drug-likeness (QED) is 0.866. The Bertz CT molecular complexity index is 482. The summed E-state index contributed by atoms with van der Waals surface area (Å²) in [5.74, 6) is 0.326. The Morgan fingerprint density at radius 2 is 2.19 bits per heavy atom. The molecule has 0 aliphatic carbocycles. The molecule has 1 aliphatic heterocycles. The third-order valence-electron chi connectivity index (χ3n) is 3.93. The summed E-state index contributed by atoms with van der Waals surface area (Å²) in [6, 6.07) is 0.294. The fourth-order valence-electron chi connectivity index (χ4n) is 2.50. The molecule has 21 heavy (non-hydrogen) atoms. The van der Waals surface area contributed by atoms with Gasteiger partial charge in [-0.3, -0.25) is 4.79 Å². The predicted octanol–water partition coefficient (Wildman–Crippen LogP) is 1.71. The van der Waals surface area contributed by atoms with Crippen molar-refractivity contribution in [2.24, 2.45) is 0 Å². The number of amides is 1. The van der Waals surface area contributed by atoms with Crippen LogP contribution in [0.5, 0.6) is 0 Å². The predicted molar refractivity (Wildman–Crippen MR) is 87.9 cm³/mol. The molecular weight excluding hydrogens is 286 g/mol. The third kappa shape index (κ3) is 3.85. The Hall–Kier alpha value is -1.34. The van der Waals surface area contributed by atoms with Crippen LogP contribution in [-0.4, -0.2) is 60.5 Å². The first-order valence-corrected chi connectivity index (χ1v) is 8.30.